The van der Waals surface area contributed by atoms with E-state index in [0.717, 1.165) is 16.7 Å². The number of hydrogen-bond acceptors (Lipinski definition) is 3. The van der Waals surface area contributed by atoms with Crippen LogP contribution in [0.15, 0.2) is 53.4 Å². The minimum atomic E-state index is -4.17. The molecule has 2 aromatic carbocycles. The van der Waals surface area contributed by atoms with Crippen LogP contribution in [-0.4, -0.2) is 13.0 Å². The highest BCUT2D eigenvalue weighted by molar-refractivity contribution is 7.85. The number of aryl methyl sites for hydroxylation is 1. The van der Waals surface area contributed by atoms with Gasteiger partial charge in [0.15, 0.2) is 0 Å². The highest BCUT2D eigenvalue weighted by Gasteiger charge is 2.12. The van der Waals surface area contributed by atoms with Crippen molar-refractivity contribution in [1.82, 2.24) is 0 Å². The van der Waals surface area contributed by atoms with Crippen molar-refractivity contribution in [2.24, 2.45) is 5.73 Å². The van der Waals surface area contributed by atoms with Crippen molar-refractivity contribution < 1.29 is 13.0 Å². The smallest absolute Gasteiger partial charge is 0.294 e. The number of hydrogen-bond donors (Lipinski definition) is 2. The van der Waals surface area contributed by atoms with Crippen LogP contribution in [0.25, 0.3) is 0 Å². The van der Waals surface area contributed by atoms with Gasteiger partial charge in [-0.05, 0) is 36.6 Å². The van der Waals surface area contributed by atoms with Gasteiger partial charge in [0.1, 0.15) is 0 Å². The molecule has 0 fully saturated rings. The molecule has 0 heterocycles. The van der Waals surface area contributed by atoms with Gasteiger partial charge < -0.3 is 5.73 Å². The van der Waals surface area contributed by atoms with E-state index in [1.165, 1.54) is 12.1 Å². The van der Waals surface area contributed by atoms with E-state index in [2.05, 4.69) is 0 Å². The van der Waals surface area contributed by atoms with E-state index in [1.54, 1.807) is 12.1 Å². The van der Waals surface area contributed by atoms with Crippen molar-refractivity contribution in [1.29, 1.82) is 0 Å². The second kappa shape index (κ2) is 5.75. The second-order valence-corrected chi connectivity index (χ2v) is 6.27. The molecule has 0 aliphatic carbocycles. The molecule has 20 heavy (non-hydrogen) atoms. The highest BCUT2D eigenvalue weighted by Crippen LogP contribution is 2.19. The van der Waals surface area contributed by atoms with Crippen LogP contribution >= 0.6 is 0 Å². The summed E-state index contributed by atoms with van der Waals surface area (Å²) in [5, 5.41) is 0. The normalized spacial score (nSPS) is 13.2. The van der Waals surface area contributed by atoms with E-state index in [1.807, 2.05) is 31.2 Å². The maximum absolute atomic E-state index is 11.1. The van der Waals surface area contributed by atoms with Gasteiger partial charge in [-0.1, -0.05) is 42.0 Å². The number of benzene rings is 2. The Bertz CT molecular complexity index is 693. The van der Waals surface area contributed by atoms with Crippen molar-refractivity contribution in [2.45, 2.75) is 24.3 Å². The lowest BCUT2D eigenvalue weighted by atomic mass is 9.99. The molecule has 0 aliphatic heterocycles. The van der Waals surface area contributed by atoms with E-state index >= 15 is 0 Å². The Kier molecular flexibility index (Phi) is 4.23. The fourth-order valence-electron chi connectivity index (χ4n) is 2.02. The standard InChI is InChI=1S/C15H17NO3S/c1-11-5-7-13(8-6-11)15(16)10-12-3-2-4-14(9-12)20(17,18)19/h2-9,15H,10,16H2,1H3,(H,17,18,19)/t15-/m0/s1. The molecule has 1 atom stereocenters. The molecule has 0 spiro atoms. The molecule has 5 heteroatoms. The Balaban J connectivity index is 2.20. The lowest BCUT2D eigenvalue weighted by Crippen LogP contribution is -2.13. The molecule has 0 bridgehead atoms. The van der Waals surface area contributed by atoms with Gasteiger partial charge in [0.05, 0.1) is 4.90 Å². The van der Waals surface area contributed by atoms with Crippen molar-refractivity contribution in [3.63, 3.8) is 0 Å². The van der Waals surface area contributed by atoms with Crippen molar-refractivity contribution >= 4 is 10.1 Å². The third-order valence-corrected chi connectivity index (χ3v) is 4.01. The fourth-order valence-corrected chi connectivity index (χ4v) is 2.57. The van der Waals surface area contributed by atoms with Gasteiger partial charge in [0.2, 0.25) is 0 Å². The van der Waals surface area contributed by atoms with Crippen molar-refractivity contribution in [3.05, 3.63) is 65.2 Å². The van der Waals surface area contributed by atoms with Gasteiger partial charge >= 0.3 is 0 Å². The number of rotatable bonds is 4. The van der Waals surface area contributed by atoms with Gasteiger partial charge in [-0.2, -0.15) is 8.42 Å². The molecule has 0 aliphatic rings. The van der Waals surface area contributed by atoms with Gasteiger partial charge in [-0.25, -0.2) is 0 Å². The van der Waals surface area contributed by atoms with Crippen LogP contribution in [0.5, 0.6) is 0 Å². The van der Waals surface area contributed by atoms with E-state index in [4.69, 9.17) is 10.3 Å². The molecule has 3 N–H and O–H groups in total. The molecular formula is C15H17NO3S. The van der Waals surface area contributed by atoms with Crippen LogP contribution in [0.4, 0.5) is 0 Å². The molecule has 0 saturated heterocycles. The molecule has 0 unspecified atom stereocenters. The van der Waals surface area contributed by atoms with E-state index in [0.29, 0.717) is 6.42 Å². The maximum Gasteiger partial charge on any atom is 0.294 e. The van der Waals surface area contributed by atoms with Gasteiger partial charge in [-0.15, -0.1) is 0 Å². The molecule has 0 radical (unpaired) electrons. The van der Waals surface area contributed by atoms with Crippen LogP contribution in [0.1, 0.15) is 22.7 Å². The first-order chi connectivity index (χ1) is 9.36. The lowest BCUT2D eigenvalue weighted by molar-refractivity contribution is 0.483. The average molecular weight is 291 g/mol. The molecular weight excluding hydrogens is 274 g/mol. The molecule has 0 aromatic heterocycles. The SMILES string of the molecule is Cc1ccc([C@@H](N)Cc2cccc(S(=O)(=O)O)c2)cc1. The summed E-state index contributed by atoms with van der Waals surface area (Å²) in [5.41, 5.74) is 9.05. The summed E-state index contributed by atoms with van der Waals surface area (Å²) in [6, 6.07) is 13.9. The summed E-state index contributed by atoms with van der Waals surface area (Å²) in [7, 11) is -4.17. The van der Waals surface area contributed by atoms with Crippen molar-refractivity contribution in [3.8, 4) is 0 Å². The maximum atomic E-state index is 11.1. The second-order valence-electron chi connectivity index (χ2n) is 4.84. The Hall–Kier alpha value is -1.69. The predicted molar refractivity (Wildman–Crippen MR) is 78.1 cm³/mol. The quantitative estimate of drug-likeness (QED) is 0.848. The Morgan fingerprint density at radius 1 is 1.15 bits per heavy atom. The van der Waals surface area contributed by atoms with Crippen molar-refractivity contribution in [2.75, 3.05) is 0 Å². The number of nitrogens with two attached hydrogens (primary N) is 1. The van der Waals surface area contributed by atoms with Crippen LogP contribution < -0.4 is 5.73 Å². The third kappa shape index (κ3) is 3.66. The first-order valence-electron chi connectivity index (χ1n) is 6.25. The molecule has 4 nitrogen and oxygen atoms in total. The first-order valence-corrected chi connectivity index (χ1v) is 7.69. The zero-order valence-corrected chi connectivity index (χ0v) is 12.0. The zero-order chi connectivity index (χ0) is 14.8. The summed E-state index contributed by atoms with van der Waals surface area (Å²) >= 11 is 0. The van der Waals surface area contributed by atoms with Crippen LogP contribution in [-0.2, 0) is 16.5 Å². The average Bonchev–Trinajstić information content (AvgIpc) is 2.38. The van der Waals surface area contributed by atoms with Gasteiger partial charge in [-0.3, -0.25) is 4.55 Å². The Morgan fingerprint density at radius 3 is 2.40 bits per heavy atom. The zero-order valence-electron chi connectivity index (χ0n) is 11.2. The highest BCUT2D eigenvalue weighted by atomic mass is 32.2. The molecule has 0 saturated carbocycles. The van der Waals surface area contributed by atoms with Gasteiger partial charge in [0.25, 0.3) is 10.1 Å². The Morgan fingerprint density at radius 2 is 1.80 bits per heavy atom. The van der Waals surface area contributed by atoms with E-state index in [-0.39, 0.29) is 10.9 Å². The summed E-state index contributed by atoms with van der Waals surface area (Å²) in [6.07, 6.45) is 0.506. The molecule has 2 rings (SSSR count). The van der Waals surface area contributed by atoms with Crippen LogP contribution in [0, 0.1) is 6.92 Å². The molecule has 0 amide bonds. The van der Waals surface area contributed by atoms with Gasteiger partial charge in [0, 0.05) is 6.04 Å². The lowest BCUT2D eigenvalue weighted by Gasteiger charge is -2.13. The summed E-state index contributed by atoms with van der Waals surface area (Å²) < 4.78 is 31.2. The third-order valence-electron chi connectivity index (χ3n) is 3.16. The van der Waals surface area contributed by atoms with E-state index < -0.39 is 10.1 Å². The summed E-state index contributed by atoms with van der Waals surface area (Å²) in [6.45, 7) is 2.00. The molecule has 2 aromatic rings. The van der Waals surface area contributed by atoms with E-state index in [9.17, 15) is 8.42 Å². The minimum absolute atomic E-state index is 0.105. The van der Waals surface area contributed by atoms with Crippen LogP contribution in [0.2, 0.25) is 0 Å². The molecule has 106 valence electrons. The Labute approximate surface area is 119 Å². The topological polar surface area (TPSA) is 80.4 Å². The summed E-state index contributed by atoms with van der Waals surface area (Å²) in [4.78, 5) is -0.105. The van der Waals surface area contributed by atoms with Crippen LogP contribution in [0.3, 0.4) is 0 Å². The fraction of sp³-hybridized carbons (Fsp3) is 0.200. The summed E-state index contributed by atoms with van der Waals surface area (Å²) in [5.74, 6) is 0. The monoisotopic (exact) mass is 291 g/mol. The minimum Gasteiger partial charge on any atom is -0.324 e. The largest absolute Gasteiger partial charge is 0.324 e. The predicted octanol–water partition coefficient (Wildman–Crippen LogP) is 2.48. The first kappa shape index (κ1) is 14.7.